The standard InChI is InChI=1S/C18H18F2N4.ClH.H2O/c1-10-7-11(18-22-9-16-14(24-18)5-6-21-16)8-15(23-10)17-12(19)3-2-4-13(17)20;;/h2-6,9-11,15,23H,7-8H2,1H3,(H,22,24);1H;1H2. The number of piperidine rings is 1. The zero-order valence-electron chi connectivity index (χ0n) is 14.2. The molecule has 8 heteroatoms. The summed E-state index contributed by atoms with van der Waals surface area (Å²) in [7, 11) is 0. The van der Waals surface area contributed by atoms with E-state index >= 15 is 0 Å². The summed E-state index contributed by atoms with van der Waals surface area (Å²) in [5, 5.41) is 3.31. The fourth-order valence-electron chi connectivity index (χ4n) is 3.62. The van der Waals surface area contributed by atoms with Gasteiger partial charge in [-0.2, -0.15) is 0 Å². The van der Waals surface area contributed by atoms with Gasteiger partial charge in [-0.05, 0) is 38.0 Å². The number of hydrogen-bond donors (Lipinski definition) is 2. The lowest BCUT2D eigenvalue weighted by Crippen LogP contribution is -2.39. The molecule has 0 amide bonds. The highest BCUT2D eigenvalue weighted by Gasteiger charge is 2.32. The molecule has 3 unspecified atom stereocenters. The molecule has 1 aromatic rings. The number of aromatic nitrogens is 3. The Hall–Kier alpha value is -2.09. The Morgan fingerprint density at radius 1 is 1.08 bits per heavy atom. The molecule has 3 aliphatic heterocycles. The van der Waals surface area contributed by atoms with E-state index in [-0.39, 0.29) is 41.4 Å². The molecule has 140 valence electrons. The average molecular weight is 383 g/mol. The van der Waals surface area contributed by atoms with E-state index in [2.05, 4.69) is 20.3 Å². The fourth-order valence-corrected chi connectivity index (χ4v) is 3.62. The highest BCUT2D eigenvalue weighted by Crippen LogP contribution is 2.37. The summed E-state index contributed by atoms with van der Waals surface area (Å²) in [5.74, 6) is -0.0731. The van der Waals surface area contributed by atoms with Crippen LogP contribution in [0.1, 0.15) is 43.1 Å². The topological polar surface area (TPSA) is 85.1 Å². The van der Waals surface area contributed by atoms with Gasteiger partial charge in [0.2, 0.25) is 0 Å². The Bertz CT molecular complexity index is 823. The van der Waals surface area contributed by atoms with Gasteiger partial charge in [-0.1, -0.05) is 6.07 Å². The number of fused-ring (bicyclic) bond motifs is 1. The van der Waals surface area contributed by atoms with Crippen LogP contribution in [0.15, 0.2) is 36.7 Å². The lowest BCUT2D eigenvalue weighted by molar-refractivity contribution is 0.288. The maximum atomic E-state index is 14.1. The van der Waals surface area contributed by atoms with Crippen molar-refractivity contribution >= 4 is 12.4 Å². The van der Waals surface area contributed by atoms with E-state index in [1.165, 1.54) is 18.2 Å². The second kappa shape index (κ2) is 8.07. The van der Waals surface area contributed by atoms with Gasteiger partial charge < -0.3 is 15.8 Å². The molecule has 5 nitrogen and oxygen atoms in total. The van der Waals surface area contributed by atoms with Crippen molar-refractivity contribution in [1.82, 2.24) is 20.3 Å². The van der Waals surface area contributed by atoms with Crippen molar-refractivity contribution in [3.05, 3.63) is 59.7 Å². The van der Waals surface area contributed by atoms with Crippen molar-refractivity contribution in [3.8, 4) is 11.4 Å². The minimum absolute atomic E-state index is 0. The molecule has 0 saturated carbocycles. The Labute approximate surface area is 156 Å². The quantitative estimate of drug-likeness (QED) is 0.712. The molecular weight excluding hydrogens is 362 g/mol. The number of nitrogens with zero attached hydrogens (tertiary/aromatic N) is 2. The third kappa shape index (κ3) is 3.70. The second-order valence-corrected chi connectivity index (χ2v) is 6.44. The minimum atomic E-state index is -0.507. The number of benzene rings is 1. The van der Waals surface area contributed by atoms with Gasteiger partial charge in [0.25, 0.3) is 0 Å². The van der Waals surface area contributed by atoms with Gasteiger partial charge in [-0.15, -0.1) is 12.4 Å². The first kappa shape index (κ1) is 20.2. The number of aromatic amines is 1. The number of rotatable bonds is 2. The first-order chi connectivity index (χ1) is 11.6. The molecule has 0 radical (unpaired) electrons. The summed E-state index contributed by atoms with van der Waals surface area (Å²) < 4.78 is 28.3. The van der Waals surface area contributed by atoms with Gasteiger partial charge in [-0.25, -0.2) is 13.8 Å². The summed E-state index contributed by atoms with van der Waals surface area (Å²) in [6.07, 6.45) is 4.92. The molecule has 4 rings (SSSR count). The van der Waals surface area contributed by atoms with Crippen LogP contribution in [0.4, 0.5) is 8.78 Å². The van der Waals surface area contributed by atoms with Crippen LogP contribution in [0.25, 0.3) is 11.4 Å². The van der Waals surface area contributed by atoms with E-state index in [0.717, 1.165) is 23.6 Å². The molecule has 4 N–H and O–H groups in total. The van der Waals surface area contributed by atoms with Gasteiger partial charge in [0, 0.05) is 29.8 Å². The fraction of sp³-hybridized carbons (Fsp3) is 0.333. The van der Waals surface area contributed by atoms with Crippen LogP contribution in [-0.2, 0) is 0 Å². The lowest BCUT2D eigenvalue weighted by atomic mass is 9.84. The number of halogens is 3. The largest absolute Gasteiger partial charge is 0.412 e. The van der Waals surface area contributed by atoms with E-state index in [4.69, 9.17) is 0 Å². The van der Waals surface area contributed by atoms with Crippen LogP contribution < -0.4 is 5.32 Å². The predicted octanol–water partition coefficient (Wildman–Crippen LogP) is 3.38. The molecule has 1 fully saturated rings. The highest BCUT2D eigenvalue weighted by molar-refractivity contribution is 5.85. The summed E-state index contributed by atoms with van der Waals surface area (Å²) in [6.45, 7) is 2.03. The van der Waals surface area contributed by atoms with Crippen molar-refractivity contribution in [2.24, 2.45) is 0 Å². The molecule has 3 heterocycles. The highest BCUT2D eigenvalue weighted by atomic mass is 35.5. The first-order valence-corrected chi connectivity index (χ1v) is 8.11. The van der Waals surface area contributed by atoms with Gasteiger partial charge in [0.05, 0.1) is 11.9 Å². The second-order valence-electron chi connectivity index (χ2n) is 6.44. The van der Waals surface area contributed by atoms with E-state index in [1.807, 2.05) is 13.0 Å². The maximum Gasteiger partial charge on any atom is 0.130 e. The molecular formula is C18H21ClF2N4O. The summed E-state index contributed by atoms with van der Waals surface area (Å²) in [4.78, 5) is 12.0. The van der Waals surface area contributed by atoms with Crippen LogP contribution >= 0.6 is 12.4 Å². The Morgan fingerprint density at radius 3 is 2.54 bits per heavy atom. The van der Waals surface area contributed by atoms with E-state index in [0.29, 0.717) is 6.42 Å². The molecule has 0 aliphatic carbocycles. The molecule has 3 aliphatic rings. The maximum absolute atomic E-state index is 14.1. The van der Waals surface area contributed by atoms with Crippen LogP contribution in [0.3, 0.4) is 0 Å². The van der Waals surface area contributed by atoms with Crippen molar-refractivity contribution in [3.63, 3.8) is 0 Å². The summed E-state index contributed by atoms with van der Waals surface area (Å²) in [5.41, 5.74) is 1.86. The van der Waals surface area contributed by atoms with Crippen LogP contribution in [0, 0.1) is 11.6 Å². The Morgan fingerprint density at radius 2 is 1.81 bits per heavy atom. The monoisotopic (exact) mass is 382 g/mol. The Kier molecular flexibility index (Phi) is 6.28. The van der Waals surface area contributed by atoms with Crippen molar-refractivity contribution < 1.29 is 14.3 Å². The number of hydrogen-bond acceptors (Lipinski definition) is 3. The van der Waals surface area contributed by atoms with Gasteiger partial charge in [0.1, 0.15) is 23.2 Å². The molecule has 1 aromatic carbocycles. The molecule has 1 saturated heterocycles. The minimum Gasteiger partial charge on any atom is -0.412 e. The van der Waals surface area contributed by atoms with E-state index < -0.39 is 11.6 Å². The normalized spacial score (nSPS) is 22.5. The zero-order chi connectivity index (χ0) is 16.7. The van der Waals surface area contributed by atoms with Crippen molar-refractivity contribution in [1.29, 1.82) is 0 Å². The van der Waals surface area contributed by atoms with Gasteiger partial charge in [0.15, 0.2) is 0 Å². The predicted molar refractivity (Wildman–Crippen MR) is 97.5 cm³/mol. The van der Waals surface area contributed by atoms with E-state index in [1.54, 1.807) is 12.4 Å². The smallest absolute Gasteiger partial charge is 0.130 e. The number of nitrogens with one attached hydrogen (secondary N) is 2. The van der Waals surface area contributed by atoms with Crippen molar-refractivity contribution in [2.45, 2.75) is 37.8 Å². The molecule has 26 heavy (non-hydrogen) atoms. The lowest BCUT2D eigenvalue weighted by Gasteiger charge is -2.35. The van der Waals surface area contributed by atoms with Crippen LogP contribution in [0.2, 0.25) is 0 Å². The van der Waals surface area contributed by atoms with Gasteiger partial charge in [-0.3, -0.25) is 4.98 Å². The third-order valence-electron chi connectivity index (χ3n) is 4.70. The molecule has 3 atom stereocenters. The third-order valence-corrected chi connectivity index (χ3v) is 4.70. The van der Waals surface area contributed by atoms with Crippen LogP contribution in [0.5, 0.6) is 0 Å². The average Bonchev–Trinajstić information content (AvgIpc) is 3.01. The molecule has 0 aromatic heterocycles. The summed E-state index contributed by atoms with van der Waals surface area (Å²) >= 11 is 0. The van der Waals surface area contributed by atoms with E-state index in [9.17, 15) is 8.78 Å². The van der Waals surface area contributed by atoms with Crippen molar-refractivity contribution in [2.75, 3.05) is 0 Å². The van der Waals surface area contributed by atoms with Gasteiger partial charge >= 0.3 is 0 Å². The Balaban J connectivity index is 0.00000121. The molecule has 0 bridgehead atoms. The number of H-pyrrole nitrogens is 1. The van der Waals surface area contributed by atoms with Crippen LogP contribution in [-0.4, -0.2) is 26.5 Å². The summed E-state index contributed by atoms with van der Waals surface area (Å²) in [6, 6.07) is 5.67. The first-order valence-electron chi connectivity index (χ1n) is 8.11. The molecule has 0 spiro atoms. The SMILES string of the molecule is CC1CC(c2ncc3nccc-3[nH]2)CC(c2c(F)cccc2F)N1.Cl.O. The zero-order valence-corrected chi connectivity index (χ0v) is 15.0.